The zero-order chi connectivity index (χ0) is 20.5. The van der Waals surface area contributed by atoms with E-state index in [9.17, 15) is 5.11 Å². The van der Waals surface area contributed by atoms with Crippen LogP contribution in [0.5, 0.6) is 5.75 Å². The van der Waals surface area contributed by atoms with Crippen LogP contribution in [0.1, 0.15) is 97.9 Å². The highest BCUT2D eigenvalue weighted by Crippen LogP contribution is 2.42. The molecule has 1 aliphatic heterocycles. The molecule has 0 saturated heterocycles. The fraction of sp³-hybridized carbons (Fsp3) is 0.571. The summed E-state index contributed by atoms with van der Waals surface area (Å²) in [5.74, 6) is 2.99. The Labute approximate surface area is 181 Å². The maximum absolute atomic E-state index is 10.4. The second-order valence-electron chi connectivity index (χ2n) is 9.99. The van der Waals surface area contributed by atoms with E-state index in [0.717, 1.165) is 50.4 Å². The van der Waals surface area contributed by atoms with Gasteiger partial charge in [-0.1, -0.05) is 50.1 Å². The van der Waals surface area contributed by atoms with E-state index in [2.05, 4.69) is 43.3 Å². The van der Waals surface area contributed by atoms with Crippen LogP contribution in [0.4, 0.5) is 0 Å². The third kappa shape index (κ3) is 4.17. The van der Waals surface area contributed by atoms with Crippen molar-refractivity contribution >= 4 is 0 Å². The summed E-state index contributed by atoms with van der Waals surface area (Å²) in [6.45, 7) is 3.12. The van der Waals surface area contributed by atoms with Crippen LogP contribution in [-0.2, 0) is 12.8 Å². The number of benzene rings is 2. The molecule has 0 amide bonds. The molecule has 2 aliphatic carbocycles. The monoisotopic (exact) mass is 404 g/mol. The van der Waals surface area contributed by atoms with Crippen LogP contribution in [0.15, 0.2) is 36.4 Å². The fourth-order valence-corrected chi connectivity index (χ4v) is 5.90. The molecule has 1 heterocycles. The minimum atomic E-state index is -0.135. The molecule has 2 fully saturated rings. The molecule has 0 spiro atoms. The molecule has 1 N–H and O–H groups in total. The molecule has 160 valence electrons. The zero-order valence-corrected chi connectivity index (χ0v) is 18.4. The molecule has 3 aliphatic rings. The van der Waals surface area contributed by atoms with Gasteiger partial charge in [0.25, 0.3) is 0 Å². The van der Waals surface area contributed by atoms with Gasteiger partial charge in [-0.25, -0.2) is 0 Å². The Kier molecular flexibility index (Phi) is 5.87. The summed E-state index contributed by atoms with van der Waals surface area (Å²) in [6, 6.07) is 14.1. The number of fused-ring (bicyclic) bond motifs is 1. The largest absolute Gasteiger partial charge is 0.493 e. The van der Waals surface area contributed by atoms with E-state index < -0.39 is 0 Å². The summed E-state index contributed by atoms with van der Waals surface area (Å²) >= 11 is 0. The standard InChI is InChI=1S/C28H36O2/c1-2-19-13-24(18-26(29)16-19)22-9-10-27(21-5-3-6-21)25(17-22)15-20-8-11-28-23(14-20)7-4-12-30-28/h8-11,14,17,19,21,24,26,29H,2-7,12-13,15-16,18H2,1H3. The molecule has 2 saturated carbocycles. The van der Waals surface area contributed by atoms with Gasteiger partial charge in [-0.05, 0) is 103 Å². The predicted molar refractivity (Wildman–Crippen MR) is 122 cm³/mol. The van der Waals surface area contributed by atoms with Crippen molar-refractivity contribution in [2.75, 3.05) is 6.61 Å². The van der Waals surface area contributed by atoms with E-state index in [1.54, 1.807) is 5.56 Å². The van der Waals surface area contributed by atoms with Gasteiger partial charge in [0, 0.05) is 0 Å². The third-order valence-corrected chi connectivity index (χ3v) is 7.91. The van der Waals surface area contributed by atoms with Gasteiger partial charge in [0.15, 0.2) is 0 Å². The van der Waals surface area contributed by atoms with Gasteiger partial charge in [-0.15, -0.1) is 0 Å². The van der Waals surface area contributed by atoms with E-state index in [-0.39, 0.29) is 6.10 Å². The summed E-state index contributed by atoms with van der Waals surface area (Å²) < 4.78 is 5.82. The highest BCUT2D eigenvalue weighted by molar-refractivity contribution is 5.44. The Balaban J connectivity index is 1.44. The van der Waals surface area contributed by atoms with E-state index in [1.807, 2.05) is 0 Å². The molecular formula is C28H36O2. The number of hydrogen-bond acceptors (Lipinski definition) is 2. The molecule has 2 aromatic rings. The van der Waals surface area contributed by atoms with Crippen LogP contribution < -0.4 is 4.74 Å². The molecule has 3 atom stereocenters. The summed E-state index contributed by atoms with van der Waals surface area (Å²) in [6.07, 6.45) is 11.5. The van der Waals surface area contributed by atoms with Gasteiger partial charge in [0.2, 0.25) is 0 Å². The number of hydrogen-bond donors (Lipinski definition) is 1. The average molecular weight is 405 g/mol. The number of rotatable bonds is 5. The Bertz CT molecular complexity index is 882. The molecule has 0 aromatic heterocycles. The average Bonchev–Trinajstić information content (AvgIpc) is 2.73. The Morgan fingerprint density at radius 3 is 2.67 bits per heavy atom. The molecule has 2 aromatic carbocycles. The summed E-state index contributed by atoms with van der Waals surface area (Å²) in [5, 5.41) is 10.4. The predicted octanol–water partition coefficient (Wildman–Crippen LogP) is 6.52. The summed E-state index contributed by atoms with van der Waals surface area (Å²) in [5.41, 5.74) is 7.32. The molecule has 0 bridgehead atoms. The van der Waals surface area contributed by atoms with E-state index in [1.165, 1.54) is 54.4 Å². The number of aryl methyl sites for hydroxylation is 1. The molecule has 5 rings (SSSR count). The SMILES string of the molecule is CCC1CC(O)CC(c2ccc(C3CCC3)c(Cc3ccc4c(c3)CCCO4)c2)C1. The van der Waals surface area contributed by atoms with Gasteiger partial charge in [-0.3, -0.25) is 0 Å². The zero-order valence-electron chi connectivity index (χ0n) is 18.4. The molecule has 2 nitrogen and oxygen atoms in total. The van der Waals surface area contributed by atoms with Crippen molar-refractivity contribution in [1.82, 2.24) is 0 Å². The first-order valence-corrected chi connectivity index (χ1v) is 12.2. The molecule has 0 radical (unpaired) electrons. The Morgan fingerprint density at radius 1 is 0.967 bits per heavy atom. The van der Waals surface area contributed by atoms with Crippen LogP contribution in [0.3, 0.4) is 0 Å². The lowest BCUT2D eigenvalue weighted by molar-refractivity contribution is 0.0880. The maximum Gasteiger partial charge on any atom is 0.122 e. The second-order valence-corrected chi connectivity index (χ2v) is 9.99. The minimum Gasteiger partial charge on any atom is -0.493 e. The quantitative estimate of drug-likeness (QED) is 0.614. The van der Waals surface area contributed by atoms with E-state index in [4.69, 9.17) is 4.74 Å². The van der Waals surface area contributed by atoms with Crippen molar-refractivity contribution in [1.29, 1.82) is 0 Å². The van der Waals surface area contributed by atoms with Crippen LogP contribution in [0, 0.1) is 5.92 Å². The van der Waals surface area contributed by atoms with Gasteiger partial charge in [0.1, 0.15) is 5.75 Å². The first kappa shape index (κ1) is 20.1. The fourth-order valence-electron chi connectivity index (χ4n) is 5.90. The summed E-state index contributed by atoms with van der Waals surface area (Å²) in [4.78, 5) is 0. The molecule has 30 heavy (non-hydrogen) atoms. The van der Waals surface area contributed by atoms with Gasteiger partial charge >= 0.3 is 0 Å². The highest BCUT2D eigenvalue weighted by atomic mass is 16.5. The van der Waals surface area contributed by atoms with Crippen LogP contribution in [-0.4, -0.2) is 17.8 Å². The highest BCUT2D eigenvalue weighted by Gasteiger charge is 2.29. The van der Waals surface area contributed by atoms with Crippen molar-refractivity contribution in [3.63, 3.8) is 0 Å². The third-order valence-electron chi connectivity index (χ3n) is 7.91. The Hall–Kier alpha value is -1.80. The molecule has 3 unspecified atom stereocenters. The van der Waals surface area contributed by atoms with Gasteiger partial charge in [-0.2, -0.15) is 0 Å². The van der Waals surface area contributed by atoms with Crippen LogP contribution >= 0.6 is 0 Å². The lowest BCUT2D eigenvalue weighted by atomic mass is 9.73. The van der Waals surface area contributed by atoms with Crippen molar-refractivity contribution < 1.29 is 9.84 Å². The second kappa shape index (κ2) is 8.75. The first-order valence-electron chi connectivity index (χ1n) is 12.2. The number of ether oxygens (including phenoxy) is 1. The first-order chi connectivity index (χ1) is 14.7. The Morgan fingerprint density at radius 2 is 1.87 bits per heavy atom. The van der Waals surface area contributed by atoms with E-state index in [0.29, 0.717) is 11.8 Å². The van der Waals surface area contributed by atoms with Crippen molar-refractivity contribution in [3.05, 3.63) is 64.2 Å². The lowest BCUT2D eigenvalue weighted by Gasteiger charge is -2.34. The lowest BCUT2D eigenvalue weighted by Crippen LogP contribution is -2.25. The smallest absolute Gasteiger partial charge is 0.122 e. The summed E-state index contributed by atoms with van der Waals surface area (Å²) in [7, 11) is 0. The van der Waals surface area contributed by atoms with Gasteiger partial charge in [0.05, 0.1) is 12.7 Å². The number of aliphatic hydroxyl groups is 1. The van der Waals surface area contributed by atoms with Crippen molar-refractivity contribution in [3.8, 4) is 5.75 Å². The maximum atomic E-state index is 10.4. The van der Waals surface area contributed by atoms with Crippen molar-refractivity contribution in [2.45, 2.75) is 89.1 Å². The normalized spacial score (nSPS) is 26.5. The van der Waals surface area contributed by atoms with Crippen molar-refractivity contribution in [2.24, 2.45) is 5.92 Å². The molecule has 2 heteroatoms. The van der Waals surface area contributed by atoms with E-state index >= 15 is 0 Å². The topological polar surface area (TPSA) is 29.5 Å². The molecular weight excluding hydrogens is 368 g/mol. The number of aliphatic hydroxyl groups excluding tert-OH is 1. The van der Waals surface area contributed by atoms with Crippen LogP contribution in [0.25, 0.3) is 0 Å². The minimum absolute atomic E-state index is 0.135. The van der Waals surface area contributed by atoms with Crippen LogP contribution in [0.2, 0.25) is 0 Å². The van der Waals surface area contributed by atoms with Gasteiger partial charge < -0.3 is 9.84 Å².